The van der Waals surface area contributed by atoms with Crippen LogP contribution in [0.25, 0.3) is 0 Å². The van der Waals surface area contributed by atoms with E-state index in [1.165, 1.54) is 5.57 Å². The van der Waals surface area contributed by atoms with Gasteiger partial charge in [0, 0.05) is 13.0 Å². The van der Waals surface area contributed by atoms with Crippen LogP contribution in [0, 0.1) is 6.42 Å². The molecule has 0 heterocycles. The molecule has 43 valence electrons. The zero-order valence-corrected chi connectivity index (χ0v) is 4.80. The van der Waals surface area contributed by atoms with Gasteiger partial charge in [0.1, 0.15) is 0 Å². The highest BCUT2D eigenvalue weighted by Gasteiger charge is 1.93. The second kappa shape index (κ2) is 2.68. The molecule has 0 saturated carbocycles. The number of rotatable bonds is 1. The topological polar surface area (TPSA) is 26.0 Å². The summed E-state index contributed by atoms with van der Waals surface area (Å²) in [4.78, 5) is 0. The Labute approximate surface area is 49.9 Å². The van der Waals surface area contributed by atoms with E-state index in [1.807, 2.05) is 12.5 Å². The van der Waals surface area contributed by atoms with Gasteiger partial charge in [-0.1, -0.05) is 23.8 Å². The lowest BCUT2D eigenvalue weighted by Crippen LogP contribution is -2.03. The molecule has 1 aliphatic carbocycles. The number of allylic oxidation sites excluding steroid dienone is 3. The lowest BCUT2D eigenvalue weighted by molar-refractivity contribution is 1.12. The Balaban J connectivity index is 2.43. The molecular weight excluding hydrogens is 98.1 g/mol. The van der Waals surface area contributed by atoms with Crippen molar-refractivity contribution in [2.24, 2.45) is 5.73 Å². The standard InChI is InChI=1S/C7H10N/c8-6-7-4-2-1-3-5-7/h1-2,4-5H,3,6,8H2. The maximum absolute atomic E-state index is 5.37. The minimum Gasteiger partial charge on any atom is -0.327 e. The Bertz CT molecular complexity index is 122. The van der Waals surface area contributed by atoms with Gasteiger partial charge < -0.3 is 5.73 Å². The summed E-state index contributed by atoms with van der Waals surface area (Å²) in [5.41, 5.74) is 6.61. The first-order chi connectivity index (χ1) is 3.93. The molecule has 0 bridgehead atoms. The Morgan fingerprint density at radius 3 is 2.88 bits per heavy atom. The quantitative estimate of drug-likeness (QED) is 0.533. The molecule has 0 spiro atoms. The molecule has 0 fully saturated rings. The van der Waals surface area contributed by atoms with Gasteiger partial charge in [-0.15, -0.1) is 0 Å². The maximum Gasteiger partial charge on any atom is 0.0143 e. The van der Waals surface area contributed by atoms with Gasteiger partial charge >= 0.3 is 0 Å². The Morgan fingerprint density at radius 2 is 2.50 bits per heavy atom. The predicted molar refractivity (Wildman–Crippen MR) is 35.2 cm³/mol. The molecular formula is C7H10N. The highest BCUT2D eigenvalue weighted by Crippen LogP contribution is 2.06. The van der Waals surface area contributed by atoms with Crippen molar-refractivity contribution in [3.8, 4) is 0 Å². The average Bonchev–Trinajstić information content (AvgIpc) is 1.90. The van der Waals surface area contributed by atoms with Crippen molar-refractivity contribution in [1.82, 2.24) is 0 Å². The van der Waals surface area contributed by atoms with Gasteiger partial charge in [-0.05, 0) is 6.42 Å². The van der Waals surface area contributed by atoms with Crippen LogP contribution < -0.4 is 5.73 Å². The first-order valence-corrected chi connectivity index (χ1v) is 2.82. The first-order valence-electron chi connectivity index (χ1n) is 2.82. The van der Waals surface area contributed by atoms with Crippen molar-refractivity contribution in [3.63, 3.8) is 0 Å². The predicted octanol–water partition coefficient (Wildman–Crippen LogP) is 1.04. The van der Waals surface area contributed by atoms with Crippen molar-refractivity contribution in [2.45, 2.75) is 6.42 Å². The molecule has 0 aromatic rings. The highest BCUT2D eigenvalue weighted by molar-refractivity contribution is 5.27. The van der Waals surface area contributed by atoms with Crippen LogP contribution in [-0.4, -0.2) is 6.54 Å². The molecule has 0 unspecified atom stereocenters. The summed E-state index contributed by atoms with van der Waals surface area (Å²) in [6.07, 6.45) is 9.38. The fraction of sp³-hybridized carbons (Fsp3) is 0.286. The second-order valence-electron chi connectivity index (χ2n) is 1.81. The molecule has 1 heteroatoms. The Kier molecular flexibility index (Phi) is 1.86. The highest BCUT2D eigenvalue weighted by atomic mass is 14.5. The van der Waals surface area contributed by atoms with Gasteiger partial charge in [-0.3, -0.25) is 0 Å². The second-order valence-corrected chi connectivity index (χ2v) is 1.81. The number of hydrogen-bond donors (Lipinski definition) is 1. The van der Waals surface area contributed by atoms with Crippen LogP contribution in [0.4, 0.5) is 0 Å². The zero-order chi connectivity index (χ0) is 5.82. The minimum absolute atomic E-state index is 0.671. The van der Waals surface area contributed by atoms with Crippen LogP contribution in [0.2, 0.25) is 0 Å². The van der Waals surface area contributed by atoms with Crippen molar-refractivity contribution in [2.75, 3.05) is 6.54 Å². The molecule has 1 radical (unpaired) electrons. The maximum atomic E-state index is 5.37. The molecule has 0 aliphatic heterocycles. The molecule has 0 amide bonds. The van der Waals surface area contributed by atoms with Gasteiger partial charge in [0.25, 0.3) is 0 Å². The summed E-state index contributed by atoms with van der Waals surface area (Å²) in [7, 11) is 0. The van der Waals surface area contributed by atoms with Crippen molar-refractivity contribution in [3.05, 3.63) is 30.2 Å². The van der Waals surface area contributed by atoms with E-state index in [0.717, 1.165) is 6.42 Å². The average molecular weight is 108 g/mol. The lowest BCUT2D eigenvalue weighted by atomic mass is 10.1. The summed E-state index contributed by atoms with van der Waals surface area (Å²) >= 11 is 0. The smallest absolute Gasteiger partial charge is 0.0143 e. The summed E-state index contributed by atoms with van der Waals surface area (Å²) in [6, 6.07) is 0. The van der Waals surface area contributed by atoms with E-state index in [4.69, 9.17) is 5.73 Å². The molecule has 1 rings (SSSR count). The monoisotopic (exact) mass is 108 g/mol. The van der Waals surface area contributed by atoms with Crippen molar-refractivity contribution in [1.29, 1.82) is 0 Å². The van der Waals surface area contributed by atoms with Crippen molar-refractivity contribution < 1.29 is 0 Å². The largest absolute Gasteiger partial charge is 0.327 e. The van der Waals surface area contributed by atoms with Crippen LogP contribution in [0.5, 0.6) is 0 Å². The number of nitrogens with two attached hydrogens (primary N) is 1. The van der Waals surface area contributed by atoms with E-state index >= 15 is 0 Å². The number of hydrogen-bond acceptors (Lipinski definition) is 1. The fourth-order valence-corrected chi connectivity index (χ4v) is 0.709. The molecule has 1 aliphatic rings. The third kappa shape index (κ3) is 1.20. The van der Waals surface area contributed by atoms with E-state index in [1.54, 1.807) is 0 Å². The van der Waals surface area contributed by atoms with Crippen LogP contribution >= 0.6 is 0 Å². The molecule has 0 aromatic heterocycles. The van der Waals surface area contributed by atoms with Crippen LogP contribution in [0.1, 0.15) is 6.42 Å². The summed E-state index contributed by atoms with van der Waals surface area (Å²) in [5.74, 6) is 0. The van der Waals surface area contributed by atoms with Crippen LogP contribution in [0.3, 0.4) is 0 Å². The van der Waals surface area contributed by atoms with E-state index in [-0.39, 0.29) is 0 Å². The third-order valence-electron chi connectivity index (χ3n) is 1.20. The molecule has 2 N–H and O–H groups in total. The van der Waals surface area contributed by atoms with Crippen LogP contribution in [0.15, 0.2) is 23.8 Å². The Hall–Kier alpha value is -0.560. The summed E-state index contributed by atoms with van der Waals surface area (Å²) in [5, 5.41) is 0. The van der Waals surface area contributed by atoms with E-state index in [2.05, 4.69) is 12.2 Å². The fourth-order valence-electron chi connectivity index (χ4n) is 0.709. The van der Waals surface area contributed by atoms with Gasteiger partial charge in [0.15, 0.2) is 0 Å². The summed E-state index contributed by atoms with van der Waals surface area (Å²) < 4.78 is 0. The third-order valence-corrected chi connectivity index (χ3v) is 1.20. The van der Waals surface area contributed by atoms with Gasteiger partial charge in [-0.25, -0.2) is 0 Å². The molecule has 0 atom stereocenters. The molecule has 0 aromatic carbocycles. The molecule has 0 saturated heterocycles. The Morgan fingerprint density at radius 1 is 1.62 bits per heavy atom. The van der Waals surface area contributed by atoms with E-state index in [9.17, 15) is 0 Å². The molecule has 1 nitrogen and oxygen atoms in total. The summed E-state index contributed by atoms with van der Waals surface area (Å²) in [6.45, 7) is 0.671. The molecule has 8 heavy (non-hydrogen) atoms. The van der Waals surface area contributed by atoms with Crippen LogP contribution in [-0.2, 0) is 0 Å². The van der Waals surface area contributed by atoms with Crippen molar-refractivity contribution >= 4 is 0 Å². The normalized spacial score (nSPS) is 18.4. The SMILES string of the molecule is NCC1=CCC=C[CH]1. The zero-order valence-electron chi connectivity index (χ0n) is 4.80. The lowest BCUT2D eigenvalue weighted by Gasteiger charge is -2.02. The van der Waals surface area contributed by atoms with E-state index < -0.39 is 0 Å². The first kappa shape index (κ1) is 5.57. The van der Waals surface area contributed by atoms with Gasteiger partial charge in [-0.2, -0.15) is 0 Å². The van der Waals surface area contributed by atoms with E-state index in [0.29, 0.717) is 6.54 Å². The van der Waals surface area contributed by atoms with Gasteiger partial charge in [0.05, 0.1) is 0 Å². The van der Waals surface area contributed by atoms with Gasteiger partial charge in [0.2, 0.25) is 0 Å². The minimum atomic E-state index is 0.671.